The summed E-state index contributed by atoms with van der Waals surface area (Å²) in [5.41, 5.74) is 3.83. The lowest BCUT2D eigenvalue weighted by Crippen LogP contribution is -2.56. The standard InChI is InChI=1S/C25H37N3O3/c1-18-15-23(31-3)19(2)14-21(18)17-26-13-9-22-20(16-26)7-8-25(30)28(22)12-5-11-27-10-4-6-24(27)29/h14-15,20,22H,4-13,16-17H2,1-3H3/t20-,22+/m0/s1. The van der Waals surface area contributed by atoms with Crippen molar-refractivity contribution >= 4 is 11.8 Å². The van der Waals surface area contributed by atoms with Crippen LogP contribution in [0.3, 0.4) is 0 Å². The minimum Gasteiger partial charge on any atom is -0.496 e. The Morgan fingerprint density at radius 1 is 1.00 bits per heavy atom. The number of aryl methyl sites for hydroxylation is 2. The molecule has 2 amide bonds. The molecule has 0 N–H and O–H groups in total. The highest BCUT2D eigenvalue weighted by molar-refractivity contribution is 5.78. The van der Waals surface area contributed by atoms with Crippen LogP contribution in [-0.2, 0) is 16.1 Å². The Labute approximate surface area is 186 Å². The summed E-state index contributed by atoms with van der Waals surface area (Å²) in [6.07, 6.45) is 5.29. The molecular weight excluding hydrogens is 390 g/mol. The fourth-order valence-electron chi connectivity index (χ4n) is 5.71. The van der Waals surface area contributed by atoms with Crippen LogP contribution in [0.25, 0.3) is 0 Å². The summed E-state index contributed by atoms with van der Waals surface area (Å²) in [7, 11) is 1.73. The van der Waals surface area contributed by atoms with Crippen LogP contribution in [0, 0.1) is 19.8 Å². The van der Waals surface area contributed by atoms with Gasteiger partial charge in [0, 0.05) is 58.2 Å². The van der Waals surface area contributed by atoms with Crippen LogP contribution in [0.5, 0.6) is 5.75 Å². The molecule has 1 aromatic rings. The monoisotopic (exact) mass is 427 g/mol. The van der Waals surface area contributed by atoms with E-state index in [4.69, 9.17) is 4.74 Å². The van der Waals surface area contributed by atoms with Crippen LogP contribution in [0.2, 0.25) is 0 Å². The van der Waals surface area contributed by atoms with Crippen LogP contribution in [-0.4, -0.2) is 72.4 Å². The third-order valence-electron chi connectivity index (χ3n) is 7.47. The number of benzene rings is 1. The maximum absolute atomic E-state index is 12.7. The molecule has 0 unspecified atom stereocenters. The summed E-state index contributed by atoms with van der Waals surface area (Å²) in [6, 6.07) is 4.77. The highest BCUT2D eigenvalue weighted by Crippen LogP contribution is 2.33. The van der Waals surface area contributed by atoms with Crippen LogP contribution in [0.1, 0.15) is 55.2 Å². The van der Waals surface area contributed by atoms with Gasteiger partial charge in [-0.15, -0.1) is 0 Å². The van der Waals surface area contributed by atoms with E-state index >= 15 is 0 Å². The third kappa shape index (κ3) is 4.89. The number of hydrogen-bond acceptors (Lipinski definition) is 4. The number of carbonyl (C=O) groups excluding carboxylic acids is 2. The predicted molar refractivity (Wildman–Crippen MR) is 121 cm³/mol. The van der Waals surface area contributed by atoms with Gasteiger partial charge in [0.25, 0.3) is 0 Å². The Kier molecular flexibility index (Phi) is 6.85. The van der Waals surface area contributed by atoms with Gasteiger partial charge in [-0.3, -0.25) is 14.5 Å². The van der Waals surface area contributed by atoms with E-state index in [0.29, 0.717) is 30.7 Å². The first-order chi connectivity index (χ1) is 15.0. The Balaban J connectivity index is 1.34. The molecule has 0 saturated carbocycles. The normalized spacial score (nSPS) is 24.6. The maximum Gasteiger partial charge on any atom is 0.222 e. The van der Waals surface area contributed by atoms with E-state index in [1.807, 2.05) is 4.90 Å². The number of carbonyl (C=O) groups is 2. The average molecular weight is 428 g/mol. The molecule has 0 aliphatic carbocycles. The van der Waals surface area contributed by atoms with Crippen molar-refractivity contribution in [3.8, 4) is 5.75 Å². The molecule has 0 radical (unpaired) electrons. The lowest BCUT2D eigenvalue weighted by Gasteiger charge is -2.47. The van der Waals surface area contributed by atoms with Gasteiger partial charge in [-0.1, -0.05) is 6.07 Å². The van der Waals surface area contributed by atoms with Crippen molar-refractivity contribution in [3.63, 3.8) is 0 Å². The lowest BCUT2D eigenvalue weighted by atomic mass is 9.83. The highest BCUT2D eigenvalue weighted by atomic mass is 16.5. The van der Waals surface area contributed by atoms with E-state index < -0.39 is 0 Å². The number of ether oxygens (including phenoxy) is 1. The van der Waals surface area contributed by atoms with Gasteiger partial charge in [0.2, 0.25) is 11.8 Å². The smallest absolute Gasteiger partial charge is 0.222 e. The summed E-state index contributed by atoms with van der Waals surface area (Å²) in [6.45, 7) is 9.79. The van der Waals surface area contributed by atoms with Crippen molar-refractivity contribution in [2.45, 2.75) is 65.0 Å². The number of fused-ring (bicyclic) bond motifs is 1. The molecule has 3 aliphatic rings. The molecule has 0 bridgehead atoms. The van der Waals surface area contributed by atoms with Gasteiger partial charge in [0.1, 0.15) is 5.75 Å². The average Bonchev–Trinajstić information content (AvgIpc) is 3.16. The first kappa shape index (κ1) is 22.1. The van der Waals surface area contributed by atoms with Crippen molar-refractivity contribution in [3.05, 3.63) is 28.8 Å². The van der Waals surface area contributed by atoms with Crippen molar-refractivity contribution in [1.82, 2.24) is 14.7 Å². The fraction of sp³-hybridized carbons (Fsp3) is 0.680. The van der Waals surface area contributed by atoms with Crippen molar-refractivity contribution < 1.29 is 14.3 Å². The molecule has 2 atom stereocenters. The predicted octanol–water partition coefficient (Wildman–Crippen LogP) is 3.14. The Bertz CT molecular complexity index is 824. The summed E-state index contributed by atoms with van der Waals surface area (Å²) in [5, 5.41) is 0. The lowest BCUT2D eigenvalue weighted by molar-refractivity contribution is -0.141. The second-order valence-electron chi connectivity index (χ2n) is 9.56. The number of methoxy groups -OCH3 is 1. The third-order valence-corrected chi connectivity index (χ3v) is 7.47. The first-order valence-electron chi connectivity index (χ1n) is 11.9. The molecule has 0 aromatic heterocycles. The number of piperidine rings is 2. The van der Waals surface area contributed by atoms with E-state index in [-0.39, 0.29) is 5.91 Å². The quantitative estimate of drug-likeness (QED) is 0.671. The zero-order chi connectivity index (χ0) is 22.0. The van der Waals surface area contributed by atoms with Crippen molar-refractivity contribution in [2.24, 2.45) is 5.92 Å². The largest absolute Gasteiger partial charge is 0.496 e. The molecule has 3 heterocycles. The summed E-state index contributed by atoms with van der Waals surface area (Å²) >= 11 is 0. The molecule has 6 heteroatoms. The molecule has 4 rings (SSSR count). The fourth-order valence-corrected chi connectivity index (χ4v) is 5.71. The topological polar surface area (TPSA) is 53.1 Å². The molecule has 0 spiro atoms. The van der Waals surface area contributed by atoms with Crippen molar-refractivity contribution in [1.29, 1.82) is 0 Å². The van der Waals surface area contributed by atoms with Gasteiger partial charge >= 0.3 is 0 Å². The van der Waals surface area contributed by atoms with E-state index in [1.54, 1.807) is 7.11 Å². The Morgan fingerprint density at radius 2 is 1.84 bits per heavy atom. The van der Waals surface area contributed by atoms with E-state index in [1.165, 1.54) is 16.7 Å². The molecular formula is C25H37N3O3. The number of rotatable bonds is 7. The minimum absolute atomic E-state index is 0.278. The number of nitrogens with zero attached hydrogens (tertiary/aromatic N) is 3. The van der Waals surface area contributed by atoms with Gasteiger partial charge in [0.15, 0.2) is 0 Å². The zero-order valence-electron chi connectivity index (χ0n) is 19.4. The number of likely N-dealkylation sites (tertiary alicyclic amines) is 3. The van der Waals surface area contributed by atoms with Gasteiger partial charge in [0.05, 0.1) is 7.11 Å². The summed E-state index contributed by atoms with van der Waals surface area (Å²) < 4.78 is 5.46. The molecule has 3 saturated heterocycles. The minimum atomic E-state index is 0.278. The second-order valence-corrected chi connectivity index (χ2v) is 9.56. The maximum atomic E-state index is 12.7. The summed E-state index contributed by atoms with van der Waals surface area (Å²) in [5.74, 6) is 2.10. The summed E-state index contributed by atoms with van der Waals surface area (Å²) in [4.78, 5) is 31.2. The van der Waals surface area contributed by atoms with Crippen molar-refractivity contribution in [2.75, 3.05) is 39.8 Å². The van der Waals surface area contributed by atoms with E-state index in [9.17, 15) is 9.59 Å². The SMILES string of the molecule is COc1cc(C)c(CN2CC[C@@H]3[C@@H](CCC(=O)N3CCCN3CCCC3=O)C2)cc1C. The van der Waals surface area contributed by atoms with E-state index in [0.717, 1.165) is 70.7 Å². The van der Waals surface area contributed by atoms with Crippen LogP contribution in [0.4, 0.5) is 0 Å². The molecule has 1 aromatic carbocycles. The van der Waals surface area contributed by atoms with Gasteiger partial charge < -0.3 is 14.5 Å². The van der Waals surface area contributed by atoms with Crippen LogP contribution < -0.4 is 4.74 Å². The van der Waals surface area contributed by atoms with Crippen LogP contribution >= 0.6 is 0 Å². The Morgan fingerprint density at radius 3 is 2.58 bits per heavy atom. The number of amides is 2. The number of hydrogen-bond donors (Lipinski definition) is 0. The molecule has 6 nitrogen and oxygen atoms in total. The second kappa shape index (κ2) is 9.60. The molecule has 31 heavy (non-hydrogen) atoms. The molecule has 3 fully saturated rings. The zero-order valence-corrected chi connectivity index (χ0v) is 19.4. The molecule has 170 valence electrons. The van der Waals surface area contributed by atoms with Gasteiger partial charge in [-0.25, -0.2) is 0 Å². The first-order valence-corrected chi connectivity index (χ1v) is 11.9. The molecule has 3 aliphatic heterocycles. The Hall–Kier alpha value is -2.08. The van der Waals surface area contributed by atoms with Gasteiger partial charge in [-0.2, -0.15) is 0 Å². The highest BCUT2D eigenvalue weighted by Gasteiger charge is 2.39. The van der Waals surface area contributed by atoms with E-state index in [2.05, 4.69) is 35.8 Å². The van der Waals surface area contributed by atoms with Gasteiger partial charge in [-0.05, 0) is 68.2 Å². The van der Waals surface area contributed by atoms with Crippen LogP contribution in [0.15, 0.2) is 12.1 Å².